The van der Waals surface area contributed by atoms with Crippen molar-refractivity contribution in [2.45, 2.75) is 31.9 Å². The first kappa shape index (κ1) is 20.8. The van der Waals surface area contributed by atoms with Gasteiger partial charge >= 0.3 is 0 Å². The van der Waals surface area contributed by atoms with Crippen molar-refractivity contribution >= 4 is 17.3 Å². The van der Waals surface area contributed by atoms with Crippen molar-refractivity contribution in [1.82, 2.24) is 14.9 Å². The zero-order valence-corrected chi connectivity index (χ0v) is 18.2. The number of fused-ring (bicyclic) bond motifs is 1. The van der Waals surface area contributed by atoms with Gasteiger partial charge in [-0.3, -0.25) is 4.90 Å². The lowest BCUT2D eigenvalue weighted by atomic mass is 10.1. The number of nitrogens with zero attached hydrogens (tertiary/aromatic N) is 4. The average molecular weight is 434 g/mol. The molecular formula is C25H28FN5O. The van der Waals surface area contributed by atoms with Crippen molar-refractivity contribution in [2.24, 2.45) is 0 Å². The van der Waals surface area contributed by atoms with E-state index in [1.165, 1.54) is 23.3 Å². The predicted molar refractivity (Wildman–Crippen MR) is 124 cm³/mol. The van der Waals surface area contributed by atoms with Crippen LogP contribution in [0.2, 0.25) is 0 Å². The van der Waals surface area contributed by atoms with E-state index in [0.29, 0.717) is 12.8 Å². The van der Waals surface area contributed by atoms with Gasteiger partial charge in [-0.15, -0.1) is 0 Å². The highest BCUT2D eigenvalue weighted by molar-refractivity contribution is 5.65. The maximum atomic E-state index is 13.2. The van der Waals surface area contributed by atoms with Crippen LogP contribution in [-0.2, 0) is 12.8 Å². The molecule has 2 atom stereocenters. The van der Waals surface area contributed by atoms with Crippen molar-refractivity contribution in [3.8, 4) is 0 Å². The van der Waals surface area contributed by atoms with Crippen LogP contribution in [-0.4, -0.2) is 52.3 Å². The molecule has 2 aromatic carbocycles. The lowest BCUT2D eigenvalue weighted by Gasteiger charge is -2.38. The molecule has 0 saturated carbocycles. The number of aliphatic hydroxyl groups excluding tert-OH is 1. The van der Waals surface area contributed by atoms with Gasteiger partial charge in [0.15, 0.2) is 0 Å². The third-order valence-electron chi connectivity index (χ3n) is 6.62. The number of hydrogen-bond donors (Lipinski definition) is 2. The van der Waals surface area contributed by atoms with Crippen LogP contribution in [0.25, 0.3) is 0 Å². The van der Waals surface area contributed by atoms with Crippen LogP contribution >= 0.6 is 0 Å². The van der Waals surface area contributed by atoms with E-state index in [0.717, 1.165) is 49.1 Å². The summed E-state index contributed by atoms with van der Waals surface area (Å²) >= 11 is 0. The van der Waals surface area contributed by atoms with Gasteiger partial charge in [-0.05, 0) is 48.2 Å². The molecule has 1 saturated heterocycles. The maximum Gasteiger partial charge on any atom is 0.135 e. The molecule has 5 rings (SSSR count). The van der Waals surface area contributed by atoms with Crippen molar-refractivity contribution in [1.29, 1.82) is 0 Å². The molecule has 3 aromatic rings. The molecule has 6 nitrogen and oxygen atoms in total. The van der Waals surface area contributed by atoms with Gasteiger partial charge in [-0.1, -0.05) is 24.3 Å². The molecule has 1 aliphatic heterocycles. The maximum absolute atomic E-state index is 13.2. The molecular weight excluding hydrogens is 405 g/mol. The van der Waals surface area contributed by atoms with E-state index in [4.69, 9.17) is 0 Å². The predicted octanol–water partition coefficient (Wildman–Crippen LogP) is 3.70. The van der Waals surface area contributed by atoms with Gasteiger partial charge in [0.2, 0.25) is 0 Å². The fourth-order valence-corrected chi connectivity index (χ4v) is 4.76. The standard InChI is InChI=1S/C25H28FN5O/c1-17(18-5-7-20(26)8-6-18)30-9-11-31(12-10-30)25-15-24(27-16-28-25)29-23-4-2-3-19-13-21(32)14-22(19)23/h2-8,15-17,21,32H,9-14H2,1H3,(H,27,28,29)/t17-,21-/m0/s1. The number of hydrogen-bond acceptors (Lipinski definition) is 6. The second-order valence-corrected chi connectivity index (χ2v) is 8.64. The number of piperazine rings is 1. The molecule has 0 amide bonds. The molecule has 2 aliphatic rings. The molecule has 1 aliphatic carbocycles. The van der Waals surface area contributed by atoms with E-state index < -0.39 is 0 Å². The molecule has 32 heavy (non-hydrogen) atoms. The summed E-state index contributed by atoms with van der Waals surface area (Å²) < 4.78 is 13.2. The Bertz CT molecular complexity index is 1080. The van der Waals surface area contributed by atoms with Gasteiger partial charge in [0.1, 0.15) is 23.8 Å². The molecule has 1 aromatic heterocycles. The number of benzene rings is 2. The van der Waals surface area contributed by atoms with Crippen molar-refractivity contribution < 1.29 is 9.50 Å². The smallest absolute Gasteiger partial charge is 0.135 e. The summed E-state index contributed by atoms with van der Waals surface area (Å²) in [5.74, 6) is 1.46. The second-order valence-electron chi connectivity index (χ2n) is 8.64. The SMILES string of the molecule is C[C@@H](c1ccc(F)cc1)N1CCN(c2cc(Nc3cccc4c3C[C@@H](O)C4)ncn2)CC1. The van der Waals surface area contributed by atoms with Crippen LogP contribution in [0.1, 0.15) is 29.7 Å². The summed E-state index contributed by atoms with van der Waals surface area (Å²) in [5.41, 5.74) is 4.50. The molecule has 7 heteroatoms. The average Bonchev–Trinajstić information content (AvgIpc) is 3.21. The number of rotatable bonds is 5. The Morgan fingerprint density at radius 1 is 1.03 bits per heavy atom. The van der Waals surface area contributed by atoms with Crippen LogP contribution < -0.4 is 10.2 Å². The van der Waals surface area contributed by atoms with Crippen molar-refractivity contribution in [3.05, 3.63) is 77.4 Å². The number of nitrogens with one attached hydrogen (secondary N) is 1. The summed E-state index contributed by atoms with van der Waals surface area (Å²) in [6.45, 7) is 5.74. The van der Waals surface area contributed by atoms with Gasteiger partial charge < -0.3 is 15.3 Å². The number of halogens is 1. The van der Waals surface area contributed by atoms with Gasteiger partial charge in [0.05, 0.1) is 6.10 Å². The Hall–Kier alpha value is -3.03. The van der Waals surface area contributed by atoms with E-state index >= 15 is 0 Å². The summed E-state index contributed by atoms with van der Waals surface area (Å²) in [4.78, 5) is 13.6. The number of anilines is 3. The highest BCUT2D eigenvalue weighted by Crippen LogP contribution is 2.31. The molecule has 2 heterocycles. The Morgan fingerprint density at radius 2 is 1.81 bits per heavy atom. The van der Waals surface area contributed by atoms with E-state index in [-0.39, 0.29) is 18.0 Å². The summed E-state index contributed by atoms with van der Waals surface area (Å²) in [5, 5.41) is 13.4. The van der Waals surface area contributed by atoms with E-state index in [1.54, 1.807) is 6.33 Å². The van der Waals surface area contributed by atoms with Crippen molar-refractivity contribution in [3.63, 3.8) is 0 Å². The lowest BCUT2D eigenvalue weighted by Crippen LogP contribution is -2.47. The summed E-state index contributed by atoms with van der Waals surface area (Å²) in [7, 11) is 0. The quantitative estimate of drug-likeness (QED) is 0.640. The topological polar surface area (TPSA) is 64.5 Å². The Morgan fingerprint density at radius 3 is 2.59 bits per heavy atom. The zero-order valence-electron chi connectivity index (χ0n) is 18.2. The number of aromatic nitrogens is 2. The second kappa shape index (κ2) is 8.84. The van der Waals surface area contributed by atoms with Crippen molar-refractivity contribution in [2.75, 3.05) is 36.4 Å². The molecule has 0 unspecified atom stereocenters. The molecule has 2 N–H and O–H groups in total. The molecule has 0 spiro atoms. The van der Waals surface area contributed by atoms with E-state index in [2.05, 4.69) is 38.1 Å². The normalized spacial score (nSPS) is 19.6. The lowest BCUT2D eigenvalue weighted by molar-refractivity contribution is 0.187. The Kier molecular flexibility index (Phi) is 5.76. The first-order valence-corrected chi connectivity index (χ1v) is 11.2. The summed E-state index contributed by atoms with van der Waals surface area (Å²) in [6.07, 6.45) is 2.68. The largest absolute Gasteiger partial charge is 0.392 e. The van der Waals surface area contributed by atoms with Gasteiger partial charge in [-0.2, -0.15) is 0 Å². The minimum atomic E-state index is -0.303. The Balaban J connectivity index is 1.24. The van der Waals surface area contributed by atoms with Crippen LogP contribution in [0.3, 0.4) is 0 Å². The van der Waals surface area contributed by atoms with Crippen LogP contribution in [0.4, 0.5) is 21.7 Å². The van der Waals surface area contributed by atoms with E-state index in [9.17, 15) is 9.50 Å². The number of aliphatic hydroxyl groups is 1. The first-order chi connectivity index (χ1) is 15.6. The van der Waals surface area contributed by atoms with Crippen LogP contribution in [0.15, 0.2) is 54.9 Å². The molecule has 166 valence electrons. The minimum Gasteiger partial charge on any atom is -0.392 e. The molecule has 1 fully saturated rings. The highest BCUT2D eigenvalue weighted by atomic mass is 19.1. The van der Waals surface area contributed by atoms with Gasteiger partial charge in [0.25, 0.3) is 0 Å². The fraction of sp³-hybridized carbons (Fsp3) is 0.360. The third-order valence-corrected chi connectivity index (χ3v) is 6.62. The monoisotopic (exact) mass is 433 g/mol. The molecule has 0 bridgehead atoms. The highest BCUT2D eigenvalue weighted by Gasteiger charge is 2.24. The third kappa shape index (κ3) is 4.31. The van der Waals surface area contributed by atoms with Gasteiger partial charge in [-0.25, -0.2) is 14.4 Å². The minimum absolute atomic E-state index is 0.199. The van der Waals surface area contributed by atoms with Gasteiger partial charge in [0, 0.05) is 50.4 Å². The molecule has 0 radical (unpaired) electrons. The van der Waals surface area contributed by atoms with E-state index in [1.807, 2.05) is 30.3 Å². The zero-order chi connectivity index (χ0) is 22.1. The van der Waals surface area contributed by atoms with Crippen LogP contribution in [0.5, 0.6) is 0 Å². The fourth-order valence-electron chi connectivity index (χ4n) is 4.76. The summed E-state index contributed by atoms with van der Waals surface area (Å²) in [6, 6.07) is 15.2. The first-order valence-electron chi connectivity index (χ1n) is 11.2. The Labute approximate surface area is 187 Å². The van der Waals surface area contributed by atoms with Crippen LogP contribution in [0, 0.1) is 5.82 Å².